The van der Waals surface area contributed by atoms with Crippen molar-refractivity contribution < 1.29 is 4.74 Å². The SMILES string of the molecule is CCCCC1=NCC(c2ccccc2)O1. The zero-order valence-corrected chi connectivity index (χ0v) is 9.15. The monoisotopic (exact) mass is 203 g/mol. The maximum absolute atomic E-state index is 5.80. The van der Waals surface area contributed by atoms with Gasteiger partial charge in [0, 0.05) is 6.42 Å². The van der Waals surface area contributed by atoms with Gasteiger partial charge in [-0.3, -0.25) is 4.99 Å². The fourth-order valence-corrected chi connectivity index (χ4v) is 1.73. The molecule has 2 nitrogen and oxygen atoms in total. The van der Waals surface area contributed by atoms with Gasteiger partial charge in [0.15, 0.2) is 5.90 Å². The lowest BCUT2D eigenvalue weighted by Crippen LogP contribution is -2.04. The van der Waals surface area contributed by atoms with Crippen LogP contribution in [0.3, 0.4) is 0 Å². The highest BCUT2D eigenvalue weighted by atomic mass is 16.5. The normalized spacial score (nSPS) is 19.8. The molecule has 1 heterocycles. The first kappa shape index (κ1) is 10.2. The van der Waals surface area contributed by atoms with Crippen LogP contribution in [0, 0.1) is 0 Å². The molecule has 2 rings (SSSR count). The summed E-state index contributed by atoms with van der Waals surface area (Å²) in [5.41, 5.74) is 1.23. The van der Waals surface area contributed by atoms with Gasteiger partial charge in [0.1, 0.15) is 6.10 Å². The summed E-state index contributed by atoms with van der Waals surface area (Å²) in [6.45, 7) is 2.97. The van der Waals surface area contributed by atoms with E-state index in [9.17, 15) is 0 Å². The second-order valence-electron chi connectivity index (χ2n) is 3.86. The lowest BCUT2D eigenvalue weighted by atomic mass is 10.1. The van der Waals surface area contributed by atoms with Crippen LogP contribution in [0.2, 0.25) is 0 Å². The average molecular weight is 203 g/mol. The van der Waals surface area contributed by atoms with Crippen molar-refractivity contribution in [3.8, 4) is 0 Å². The molecule has 1 aromatic rings. The number of ether oxygens (including phenoxy) is 1. The first-order chi connectivity index (χ1) is 7.40. The van der Waals surface area contributed by atoms with Gasteiger partial charge in [0.25, 0.3) is 0 Å². The third kappa shape index (κ3) is 2.58. The molecule has 0 saturated heterocycles. The standard InChI is InChI=1S/C13H17NO/c1-2-3-9-13-14-10-12(15-13)11-7-5-4-6-8-11/h4-8,12H,2-3,9-10H2,1H3. The molecular formula is C13H17NO. The van der Waals surface area contributed by atoms with Gasteiger partial charge in [-0.05, 0) is 12.0 Å². The molecule has 80 valence electrons. The maximum Gasteiger partial charge on any atom is 0.184 e. The van der Waals surface area contributed by atoms with Crippen molar-refractivity contribution in [1.29, 1.82) is 0 Å². The Morgan fingerprint density at radius 3 is 2.87 bits per heavy atom. The molecule has 0 aliphatic carbocycles. The first-order valence-electron chi connectivity index (χ1n) is 5.65. The molecule has 0 spiro atoms. The largest absolute Gasteiger partial charge is 0.471 e. The molecule has 0 fully saturated rings. The van der Waals surface area contributed by atoms with Crippen molar-refractivity contribution in [1.82, 2.24) is 0 Å². The predicted octanol–water partition coefficient (Wildman–Crippen LogP) is 3.35. The minimum absolute atomic E-state index is 0.151. The van der Waals surface area contributed by atoms with Gasteiger partial charge in [-0.15, -0.1) is 0 Å². The van der Waals surface area contributed by atoms with E-state index in [4.69, 9.17) is 4.74 Å². The van der Waals surface area contributed by atoms with Gasteiger partial charge in [-0.1, -0.05) is 43.7 Å². The predicted molar refractivity (Wildman–Crippen MR) is 62.1 cm³/mol. The van der Waals surface area contributed by atoms with Crippen LogP contribution in [0.25, 0.3) is 0 Å². The minimum Gasteiger partial charge on any atom is -0.471 e. The molecule has 0 bridgehead atoms. The Bertz CT molecular complexity index is 332. The Morgan fingerprint density at radius 2 is 2.13 bits per heavy atom. The van der Waals surface area contributed by atoms with E-state index in [-0.39, 0.29) is 6.10 Å². The summed E-state index contributed by atoms with van der Waals surface area (Å²) in [6.07, 6.45) is 3.50. The summed E-state index contributed by atoms with van der Waals surface area (Å²) in [7, 11) is 0. The second kappa shape index (κ2) is 4.96. The van der Waals surface area contributed by atoms with E-state index in [0.717, 1.165) is 18.9 Å². The molecule has 1 aliphatic rings. The molecule has 1 unspecified atom stereocenters. The lowest BCUT2D eigenvalue weighted by Gasteiger charge is -2.10. The van der Waals surface area contributed by atoms with Crippen molar-refractivity contribution in [3.63, 3.8) is 0 Å². The van der Waals surface area contributed by atoms with Gasteiger partial charge < -0.3 is 4.74 Å². The van der Waals surface area contributed by atoms with Crippen LogP contribution in [0.5, 0.6) is 0 Å². The third-order valence-electron chi connectivity index (χ3n) is 2.63. The van der Waals surface area contributed by atoms with E-state index in [0.29, 0.717) is 0 Å². The number of hydrogen-bond donors (Lipinski definition) is 0. The lowest BCUT2D eigenvalue weighted by molar-refractivity contribution is 0.223. The highest BCUT2D eigenvalue weighted by Crippen LogP contribution is 2.23. The van der Waals surface area contributed by atoms with Crippen LogP contribution in [0.15, 0.2) is 35.3 Å². The van der Waals surface area contributed by atoms with Crippen LogP contribution >= 0.6 is 0 Å². The number of aliphatic imine (C=N–C) groups is 1. The Morgan fingerprint density at radius 1 is 1.33 bits per heavy atom. The van der Waals surface area contributed by atoms with Crippen LogP contribution in [0.4, 0.5) is 0 Å². The summed E-state index contributed by atoms with van der Waals surface area (Å²) < 4.78 is 5.80. The van der Waals surface area contributed by atoms with Gasteiger partial charge in [-0.25, -0.2) is 0 Å². The van der Waals surface area contributed by atoms with Gasteiger partial charge in [-0.2, -0.15) is 0 Å². The zero-order valence-electron chi connectivity index (χ0n) is 9.15. The van der Waals surface area contributed by atoms with Crippen LogP contribution in [0.1, 0.15) is 37.9 Å². The Kier molecular flexibility index (Phi) is 3.38. The molecule has 1 atom stereocenters. The summed E-state index contributed by atoms with van der Waals surface area (Å²) in [6, 6.07) is 10.3. The molecule has 15 heavy (non-hydrogen) atoms. The smallest absolute Gasteiger partial charge is 0.184 e. The van der Waals surface area contributed by atoms with Gasteiger partial charge >= 0.3 is 0 Å². The van der Waals surface area contributed by atoms with E-state index < -0.39 is 0 Å². The van der Waals surface area contributed by atoms with E-state index >= 15 is 0 Å². The highest BCUT2D eigenvalue weighted by Gasteiger charge is 2.20. The van der Waals surface area contributed by atoms with Crippen LogP contribution in [-0.2, 0) is 4.74 Å². The topological polar surface area (TPSA) is 21.6 Å². The Hall–Kier alpha value is -1.31. The number of unbranched alkanes of at least 4 members (excludes halogenated alkanes) is 1. The van der Waals surface area contributed by atoms with E-state index in [2.05, 4.69) is 24.0 Å². The van der Waals surface area contributed by atoms with Crippen molar-refractivity contribution in [2.45, 2.75) is 32.3 Å². The molecule has 0 amide bonds. The van der Waals surface area contributed by atoms with Gasteiger partial charge in [0.05, 0.1) is 6.54 Å². The number of benzene rings is 1. The fourth-order valence-electron chi connectivity index (χ4n) is 1.73. The fraction of sp³-hybridized carbons (Fsp3) is 0.462. The van der Waals surface area contributed by atoms with Crippen molar-refractivity contribution >= 4 is 5.90 Å². The number of hydrogen-bond acceptors (Lipinski definition) is 2. The summed E-state index contributed by atoms with van der Waals surface area (Å²) in [5.74, 6) is 0.936. The quantitative estimate of drug-likeness (QED) is 0.735. The van der Waals surface area contributed by atoms with E-state index in [1.54, 1.807) is 0 Å². The summed E-state index contributed by atoms with van der Waals surface area (Å²) in [5, 5.41) is 0. The van der Waals surface area contributed by atoms with Crippen LogP contribution in [-0.4, -0.2) is 12.4 Å². The summed E-state index contributed by atoms with van der Waals surface area (Å²) in [4.78, 5) is 4.43. The minimum atomic E-state index is 0.151. The third-order valence-corrected chi connectivity index (χ3v) is 2.63. The van der Waals surface area contributed by atoms with Crippen molar-refractivity contribution in [3.05, 3.63) is 35.9 Å². The second-order valence-corrected chi connectivity index (χ2v) is 3.86. The average Bonchev–Trinajstić information content (AvgIpc) is 2.76. The molecule has 0 radical (unpaired) electrons. The molecule has 0 aromatic heterocycles. The number of rotatable bonds is 4. The van der Waals surface area contributed by atoms with E-state index in [1.807, 2.05) is 18.2 Å². The highest BCUT2D eigenvalue weighted by molar-refractivity contribution is 5.77. The van der Waals surface area contributed by atoms with Crippen molar-refractivity contribution in [2.24, 2.45) is 4.99 Å². The van der Waals surface area contributed by atoms with Gasteiger partial charge in [0.2, 0.25) is 0 Å². The summed E-state index contributed by atoms with van der Waals surface area (Å²) >= 11 is 0. The van der Waals surface area contributed by atoms with Crippen molar-refractivity contribution in [2.75, 3.05) is 6.54 Å². The Labute approximate surface area is 91.0 Å². The molecule has 0 saturated carbocycles. The molecule has 0 N–H and O–H groups in total. The zero-order chi connectivity index (χ0) is 10.5. The Balaban J connectivity index is 1.90. The molecular weight excluding hydrogens is 186 g/mol. The molecule has 2 heteroatoms. The first-order valence-corrected chi connectivity index (χ1v) is 5.65. The van der Waals surface area contributed by atoms with Crippen LogP contribution < -0.4 is 0 Å². The maximum atomic E-state index is 5.80. The molecule has 1 aliphatic heterocycles. The molecule has 1 aromatic carbocycles. The number of nitrogens with zero attached hydrogens (tertiary/aromatic N) is 1. The van der Waals surface area contributed by atoms with E-state index in [1.165, 1.54) is 18.4 Å².